The predicted octanol–water partition coefficient (Wildman–Crippen LogP) is 7.49. The number of aromatic amines is 1. The Hall–Kier alpha value is -3.46. The van der Waals surface area contributed by atoms with Crippen LogP contribution in [0.5, 0.6) is 11.9 Å². The predicted molar refractivity (Wildman–Crippen MR) is 198 cm³/mol. The van der Waals surface area contributed by atoms with E-state index in [1.165, 1.54) is 7.11 Å². The van der Waals surface area contributed by atoms with Gasteiger partial charge in [-0.15, -0.1) is 0 Å². The fraction of sp³-hybridized carbons (Fsp3) is 0.632. The minimum atomic E-state index is -2.58. The zero-order valence-corrected chi connectivity index (χ0v) is 31.6. The Labute approximate surface area is 312 Å². The summed E-state index contributed by atoms with van der Waals surface area (Å²) in [6.07, 6.45) is 6.45. The van der Waals surface area contributed by atoms with Gasteiger partial charge in [0, 0.05) is 54.4 Å². The van der Waals surface area contributed by atoms with Crippen molar-refractivity contribution in [3.8, 4) is 23.1 Å². The third-order valence-electron chi connectivity index (χ3n) is 11.5. The van der Waals surface area contributed by atoms with E-state index < -0.39 is 17.8 Å². The number of aliphatic hydroxyl groups is 1. The van der Waals surface area contributed by atoms with Gasteiger partial charge in [0.2, 0.25) is 11.8 Å². The third kappa shape index (κ3) is 7.12. The average molecular weight is 760 g/mol. The van der Waals surface area contributed by atoms with Gasteiger partial charge >= 0.3 is 6.01 Å². The Kier molecular flexibility index (Phi) is 11.0. The minimum absolute atomic E-state index is 0.00601. The average Bonchev–Trinajstić information content (AvgIpc) is 3.75. The number of ether oxygens (including phenoxy) is 3. The number of rotatable bonds is 7. The van der Waals surface area contributed by atoms with Gasteiger partial charge in [0.25, 0.3) is 0 Å². The van der Waals surface area contributed by atoms with Gasteiger partial charge in [-0.3, -0.25) is 10.00 Å². The lowest BCUT2D eigenvalue weighted by molar-refractivity contribution is -0.0801. The summed E-state index contributed by atoms with van der Waals surface area (Å²) in [6.45, 7) is 8.05. The smallest absolute Gasteiger partial charge is 0.319 e. The summed E-state index contributed by atoms with van der Waals surface area (Å²) in [6, 6.07) is 2.17. The van der Waals surface area contributed by atoms with E-state index in [2.05, 4.69) is 20.1 Å². The summed E-state index contributed by atoms with van der Waals surface area (Å²) in [5.41, 5.74) is 1.43. The first-order valence-electron chi connectivity index (χ1n) is 18.9. The first-order chi connectivity index (χ1) is 25.6. The summed E-state index contributed by atoms with van der Waals surface area (Å²) in [5.74, 6) is -2.90. The molecular formula is C38H49ClF3N7O4. The number of H-pyrrole nitrogens is 1. The molecule has 3 aromatic heterocycles. The van der Waals surface area contributed by atoms with Crippen LogP contribution in [0.15, 0.2) is 12.3 Å². The number of methoxy groups -OCH3 is 1. The molecule has 0 bridgehead atoms. The molecule has 0 spiro atoms. The number of piperidine rings is 1. The second-order valence-electron chi connectivity index (χ2n) is 14.7. The fourth-order valence-corrected chi connectivity index (χ4v) is 9.31. The topological polar surface area (TPSA) is 122 Å². The van der Waals surface area contributed by atoms with Crippen molar-refractivity contribution >= 4 is 39.2 Å². The largest absolute Gasteiger partial charge is 0.480 e. The second kappa shape index (κ2) is 15.3. The highest BCUT2D eigenvalue weighted by molar-refractivity contribution is 6.35. The van der Waals surface area contributed by atoms with Gasteiger partial charge in [0.15, 0.2) is 5.82 Å². The Morgan fingerprint density at radius 2 is 1.85 bits per heavy atom. The highest BCUT2D eigenvalue weighted by atomic mass is 35.5. The quantitative estimate of drug-likeness (QED) is 0.196. The Bertz CT molecular complexity index is 1940. The third-order valence-corrected chi connectivity index (χ3v) is 12.0. The molecule has 0 amide bonds. The number of nitrogens with one attached hydrogen (secondary N) is 1. The van der Waals surface area contributed by atoms with E-state index in [4.69, 9.17) is 35.8 Å². The van der Waals surface area contributed by atoms with Crippen LogP contribution < -0.4 is 14.4 Å². The molecule has 2 aliphatic carbocycles. The number of β-amino-alcohol motifs (C(OH)–C–C–N with tert-alkyl or cyclic N) is 1. The van der Waals surface area contributed by atoms with Crippen LogP contribution in [0.25, 0.3) is 33.1 Å². The van der Waals surface area contributed by atoms with Crippen molar-refractivity contribution in [2.24, 2.45) is 5.41 Å². The van der Waals surface area contributed by atoms with Crippen LogP contribution in [-0.2, 0) is 4.74 Å². The number of fused-ring (bicyclic) bond motifs is 3. The summed E-state index contributed by atoms with van der Waals surface area (Å²) in [4.78, 5) is 18.5. The number of anilines is 1. The van der Waals surface area contributed by atoms with Gasteiger partial charge in [-0.05, 0) is 63.6 Å². The van der Waals surface area contributed by atoms with Crippen molar-refractivity contribution in [1.29, 1.82) is 0 Å². The van der Waals surface area contributed by atoms with E-state index in [-0.39, 0.29) is 72.0 Å². The van der Waals surface area contributed by atoms with Gasteiger partial charge in [-0.25, -0.2) is 18.2 Å². The number of hydrogen-bond acceptors (Lipinski definition) is 10. The molecular weight excluding hydrogens is 711 g/mol. The molecule has 0 radical (unpaired) electrons. The van der Waals surface area contributed by atoms with Crippen LogP contribution in [-0.4, -0.2) is 106 Å². The van der Waals surface area contributed by atoms with Gasteiger partial charge in [-0.2, -0.15) is 15.1 Å². The molecule has 8 rings (SSSR count). The summed E-state index contributed by atoms with van der Waals surface area (Å²) in [7, 11) is 1.45. The van der Waals surface area contributed by atoms with Crippen LogP contribution in [0.1, 0.15) is 77.2 Å². The van der Waals surface area contributed by atoms with E-state index in [1.54, 1.807) is 6.20 Å². The van der Waals surface area contributed by atoms with Crippen molar-refractivity contribution in [1.82, 2.24) is 30.0 Å². The normalized spacial score (nSPS) is 25.2. The highest BCUT2D eigenvalue weighted by Gasteiger charge is 2.51. The molecule has 2 N–H and O–H groups in total. The lowest BCUT2D eigenvalue weighted by Crippen LogP contribution is -2.56. The molecule has 288 valence electrons. The summed E-state index contributed by atoms with van der Waals surface area (Å²) < 4.78 is 63.2. The van der Waals surface area contributed by atoms with Gasteiger partial charge in [0.05, 0.1) is 49.8 Å². The Morgan fingerprint density at radius 1 is 1.08 bits per heavy atom. The second-order valence-corrected chi connectivity index (χ2v) is 15.1. The number of benzene rings is 1. The number of halogens is 4. The number of aliphatic hydroxyl groups excluding tert-OH is 1. The van der Waals surface area contributed by atoms with Crippen molar-refractivity contribution in [3.63, 3.8) is 0 Å². The summed E-state index contributed by atoms with van der Waals surface area (Å²) in [5, 5.41) is 18.9. The molecule has 5 heterocycles. The molecule has 2 saturated carbocycles. The van der Waals surface area contributed by atoms with Crippen molar-refractivity contribution in [2.75, 3.05) is 51.5 Å². The van der Waals surface area contributed by atoms with Crippen LogP contribution >= 0.6 is 11.6 Å². The number of alkyl halides is 2. The lowest BCUT2D eigenvalue weighted by atomic mass is 9.74. The van der Waals surface area contributed by atoms with E-state index in [9.17, 15) is 13.9 Å². The van der Waals surface area contributed by atoms with Crippen molar-refractivity contribution in [2.45, 2.75) is 103 Å². The molecule has 15 heteroatoms. The van der Waals surface area contributed by atoms with Crippen LogP contribution in [0.3, 0.4) is 0 Å². The van der Waals surface area contributed by atoms with Crippen LogP contribution in [0.4, 0.5) is 19.0 Å². The first kappa shape index (κ1) is 37.8. The number of nitrogens with zero attached hydrogens (tertiary/aromatic N) is 6. The molecule has 4 fully saturated rings. The Balaban J connectivity index is 0.00000214. The maximum atomic E-state index is 17.1. The zero-order chi connectivity index (χ0) is 37.5. The molecule has 2 saturated heterocycles. The first-order valence-corrected chi connectivity index (χ1v) is 19.3. The molecule has 1 aromatic carbocycles. The van der Waals surface area contributed by atoms with Gasteiger partial charge in [-0.1, -0.05) is 31.9 Å². The maximum absolute atomic E-state index is 17.1. The van der Waals surface area contributed by atoms with Crippen molar-refractivity contribution in [3.05, 3.63) is 28.7 Å². The monoisotopic (exact) mass is 759 g/mol. The van der Waals surface area contributed by atoms with Crippen molar-refractivity contribution < 1.29 is 32.5 Å². The number of aryl methyl sites for hydroxylation is 1. The minimum Gasteiger partial charge on any atom is -0.480 e. The molecule has 53 heavy (non-hydrogen) atoms. The van der Waals surface area contributed by atoms with Gasteiger partial charge in [0.1, 0.15) is 22.4 Å². The van der Waals surface area contributed by atoms with E-state index >= 15 is 4.39 Å². The Morgan fingerprint density at radius 3 is 2.62 bits per heavy atom. The number of aromatic nitrogens is 5. The van der Waals surface area contributed by atoms with Crippen LogP contribution in [0, 0.1) is 18.2 Å². The molecule has 3 unspecified atom stereocenters. The van der Waals surface area contributed by atoms with Gasteiger partial charge < -0.3 is 24.2 Å². The SMILES string of the molecule is CC.COc1nc(-c2c(Cl)c(C)cc3[nH]ncc23)c(F)c2nc(OCC34CCCC3N(C3CCC(F)(F)CC3)CCC4)nc(N3CCOCC(O)C3)c12. The standard InChI is InChI=1S/C36H43ClF3N7O4.C2H6/c1-20-15-24-23(16-41-45-24)26(28(20)37)30-29(38)31-27(33(42-30)49-2)32(46-13-14-50-18-22(48)17-46)44-34(43-31)51-19-35-8-3-5-25(35)47(12-4-9-35)21-6-10-36(39,40)11-7-21;1-2/h15-16,21-22,25,48H,3-14,17-19H2,1-2H3,(H,41,45);1-2H3. The molecule has 4 aromatic rings. The number of hydrogen-bond donors (Lipinski definition) is 2. The maximum Gasteiger partial charge on any atom is 0.319 e. The lowest BCUT2D eigenvalue weighted by Gasteiger charge is -2.50. The molecule has 11 nitrogen and oxygen atoms in total. The summed E-state index contributed by atoms with van der Waals surface area (Å²) >= 11 is 6.83. The van der Waals surface area contributed by atoms with Crippen LogP contribution in [0.2, 0.25) is 5.02 Å². The molecule has 2 aliphatic heterocycles. The zero-order valence-electron chi connectivity index (χ0n) is 30.9. The van der Waals surface area contributed by atoms with E-state index in [1.807, 2.05) is 31.7 Å². The highest BCUT2D eigenvalue weighted by Crippen LogP contribution is 2.51. The number of likely N-dealkylation sites (tertiary alicyclic amines) is 1. The number of pyridine rings is 1. The molecule has 4 aliphatic rings. The fourth-order valence-electron chi connectivity index (χ4n) is 9.07. The van der Waals surface area contributed by atoms with E-state index in [0.717, 1.165) is 38.6 Å². The molecule has 3 atom stereocenters. The van der Waals surface area contributed by atoms with E-state index in [0.29, 0.717) is 65.5 Å².